The molecule has 1 atom stereocenters. The van der Waals surface area contributed by atoms with Crippen molar-refractivity contribution < 1.29 is 4.79 Å². The van der Waals surface area contributed by atoms with Gasteiger partial charge in [0.1, 0.15) is 5.82 Å². The van der Waals surface area contributed by atoms with Crippen molar-refractivity contribution in [3.63, 3.8) is 0 Å². The van der Waals surface area contributed by atoms with E-state index in [1.807, 2.05) is 6.92 Å². The van der Waals surface area contributed by atoms with Crippen LogP contribution in [0.15, 0.2) is 12.4 Å². The minimum absolute atomic E-state index is 0.0707. The number of H-pyrrole nitrogens is 1. The highest BCUT2D eigenvalue weighted by molar-refractivity contribution is 5.83. The molecule has 1 heterocycles. The van der Waals surface area contributed by atoms with Crippen LogP contribution < -0.4 is 11.1 Å². The van der Waals surface area contributed by atoms with Gasteiger partial charge in [-0.25, -0.2) is 4.98 Å². The average Bonchev–Trinajstić information content (AvgIpc) is 3.01. The Kier molecular flexibility index (Phi) is 3.47. The number of nitrogens with zero attached hydrogens (tertiary/aromatic N) is 1. The second-order valence-corrected chi connectivity index (χ2v) is 4.86. The van der Waals surface area contributed by atoms with E-state index in [0.29, 0.717) is 6.54 Å². The molecule has 5 heteroatoms. The van der Waals surface area contributed by atoms with Crippen LogP contribution in [-0.4, -0.2) is 22.4 Å². The number of carbonyl (C=O) groups is 1. The summed E-state index contributed by atoms with van der Waals surface area (Å²) in [6.45, 7) is 2.36. The molecule has 1 aliphatic carbocycles. The van der Waals surface area contributed by atoms with Crippen LogP contribution in [-0.2, 0) is 4.79 Å². The Hall–Kier alpha value is -1.36. The largest absolute Gasteiger partial charge is 0.347 e. The van der Waals surface area contributed by atoms with Crippen LogP contribution in [0.4, 0.5) is 0 Å². The SMILES string of the molecule is CC(NC(=O)C1(CN)CCCC1)c1ncc[nH]1. The Morgan fingerprint density at radius 1 is 1.65 bits per heavy atom. The first-order chi connectivity index (χ1) is 8.18. The standard InChI is InChI=1S/C12H20N4O/c1-9(10-14-6-7-15-10)16-11(17)12(8-13)4-2-3-5-12/h6-7,9H,2-5,8,13H2,1H3,(H,14,15)(H,16,17). The molecule has 0 aliphatic heterocycles. The number of hydrogen-bond donors (Lipinski definition) is 3. The fraction of sp³-hybridized carbons (Fsp3) is 0.667. The Labute approximate surface area is 101 Å². The molecule has 1 amide bonds. The fourth-order valence-corrected chi connectivity index (χ4v) is 2.51. The molecule has 1 aromatic rings. The molecular weight excluding hydrogens is 216 g/mol. The summed E-state index contributed by atoms with van der Waals surface area (Å²) in [4.78, 5) is 19.4. The van der Waals surface area contributed by atoms with Crippen molar-refractivity contribution in [3.8, 4) is 0 Å². The van der Waals surface area contributed by atoms with Gasteiger partial charge in [0.15, 0.2) is 0 Å². The number of aromatic amines is 1. The van der Waals surface area contributed by atoms with Crippen LogP contribution in [0.3, 0.4) is 0 Å². The first-order valence-corrected chi connectivity index (χ1v) is 6.18. The Morgan fingerprint density at radius 3 is 2.88 bits per heavy atom. The minimum Gasteiger partial charge on any atom is -0.347 e. The van der Waals surface area contributed by atoms with Crippen molar-refractivity contribution >= 4 is 5.91 Å². The first kappa shape index (κ1) is 12.1. The molecule has 94 valence electrons. The monoisotopic (exact) mass is 236 g/mol. The third-order valence-corrected chi connectivity index (χ3v) is 3.71. The van der Waals surface area contributed by atoms with Gasteiger partial charge in [-0.05, 0) is 19.8 Å². The second kappa shape index (κ2) is 4.87. The fourth-order valence-electron chi connectivity index (χ4n) is 2.51. The molecule has 0 aromatic carbocycles. The highest BCUT2D eigenvalue weighted by Crippen LogP contribution is 2.37. The molecule has 2 rings (SSSR count). The summed E-state index contributed by atoms with van der Waals surface area (Å²) in [5, 5.41) is 3.00. The highest BCUT2D eigenvalue weighted by Gasteiger charge is 2.40. The van der Waals surface area contributed by atoms with Gasteiger partial charge in [-0.15, -0.1) is 0 Å². The lowest BCUT2D eigenvalue weighted by Gasteiger charge is -2.27. The summed E-state index contributed by atoms with van der Waals surface area (Å²) >= 11 is 0. The molecule has 1 saturated carbocycles. The lowest BCUT2D eigenvalue weighted by atomic mass is 9.85. The van der Waals surface area contributed by atoms with Crippen LogP contribution in [0.25, 0.3) is 0 Å². The Morgan fingerprint density at radius 2 is 2.35 bits per heavy atom. The quantitative estimate of drug-likeness (QED) is 0.732. The van der Waals surface area contributed by atoms with Gasteiger partial charge in [0.25, 0.3) is 0 Å². The summed E-state index contributed by atoms with van der Waals surface area (Å²) < 4.78 is 0. The van der Waals surface area contributed by atoms with E-state index in [1.165, 1.54) is 0 Å². The number of nitrogens with one attached hydrogen (secondary N) is 2. The molecule has 17 heavy (non-hydrogen) atoms. The topological polar surface area (TPSA) is 83.8 Å². The van der Waals surface area contributed by atoms with Crippen molar-refractivity contribution in [3.05, 3.63) is 18.2 Å². The maximum absolute atomic E-state index is 12.3. The lowest BCUT2D eigenvalue weighted by Crippen LogP contribution is -2.45. The van der Waals surface area contributed by atoms with Crippen molar-refractivity contribution in [2.45, 2.75) is 38.6 Å². The van der Waals surface area contributed by atoms with E-state index < -0.39 is 0 Å². The zero-order chi connectivity index (χ0) is 12.3. The number of nitrogens with two attached hydrogens (primary N) is 1. The molecule has 1 aromatic heterocycles. The van der Waals surface area contributed by atoms with Crippen LogP contribution in [0.2, 0.25) is 0 Å². The summed E-state index contributed by atoms with van der Waals surface area (Å²) in [6.07, 6.45) is 7.44. The number of amides is 1. The zero-order valence-corrected chi connectivity index (χ0v) is 10.2. The molecule has 5 nitrogen and oxygen atoms in total. The smallest absolute Gasteiger partial charge is 0.228 e. The molecule has 0 radical (unpaired) electrons. The highest BCUT2D eigenvalue weighted by atomic mass is 16.2. The van der Waals surface area contributed by atoms with E-state index in [0.717, 1.165) is 31.5 Å². The van der Waals surface area contributed by atoms with Gasteiger partial charge in [0.05, 0.1) is 11.5 Å². The number of hydrogen-bond acceptors (Lipinski definition) is 3. The van der Waals surface area contributed by atoms with Crippen molar-refractivity contribution in [1.82, 2.24) is 15.3 Å². The van der Waals surface area contributed by atoms with Gasteiger partial charge >= 0.3 is 0 Å². The van der Waals surface area contributed by atoms with Gasteiger partial charge in [-0.1, -0.05) is 12.8 Å². The van der Waals surface area contributed by atoms with Crippen molar-refractivity contribution in [2.24, 2.45) is 11.1 Å². The van der Waals surface area contributed by atoms with Gasteiger partial charge in [-0.3, -0.25) is 4.79 Å². The molecule has 0 bridgehead atoms. The van der Waals surface area contributed by atoms with Crippen LogP contribution in [0, 0.1) is 5.41 Å². The molecule has 4 N–H and O–H groups in total. The van der Waals surface area contributed by atoms with Crippen LogP contribution in [0.5, 0.6) is 0 Å². The summed E-state index contributed by atoms with van der Waals surface area (Å²) in [7, 11) is 0. The molecular formula is C12H20N4O. The van der Waals surface area contributed by atoms with Crippen LogP contribution >= 0.6 is 0 Å². The summed E-state index contributed by atoms with van der Waals surface area (Å²) in [5.41, 5.74) is 5.43. The first-order valence-electron chi connectivity index (χ1n) is 6.18. The van der Waals surface area contributed by atoms with Crippen molar-refractivity contribution in [2.75, 3.05) is 6.54 Å². The Bertz CT molecular complexity index is 368. The maximum Gasteiger partial charge on any atom is 0.228 e. The molecule has 1 aliphatic rings. The summed E-state index contributed by atoms with van der Waals surface area (Å²) in [6, 6.07) is -0.0958. The third-order valence-electron chi connectivity index (χ3n) is 3.71. The van der Waals surface area contributed by atoms with E-state index in [9.17, 15) is 4.79 Å². The van der Waals surface area contributed by atoms with Gasteiger partial charge in [0, 0.05) is 18.9 Å². The Balaban J connectivity index is 2.01. The van der Waals surface area contributed by atoms with Gasteiger partial charge in [-0.2, -0.15) is 0 Å². The zero-order valence-electron chi connectivity index (χ0n) is 10.2. The lowest BCUT2D eigenvalue weighted by molar-refractivity contribution is -0.131. The molecule has 1 unspecified atom stereocenters. The average molecular weight is 236 g/mol. The molecule has 1 fully saturated rings. The summed E-state index contributed by atoms with van der Waals surface area (Å²) in [5.74, 6) is 0.852. The minimum atomic E-state index is -0.346. The predicted octanol–water partition coefficient (Wildman–Crippen LogP) is 1.11. The van der Waals surface area contributed by atoms with E-state index in [-0.39, 0.29) is 17.4 Å². The number of imidazole rings is 1. The maximum atomic E-state index is 12.3. The van der Waals surface area contributed by atoms with Gasteiger partial charge < -0.3 is 16.0 Å². The third kappa shape index (κ3) is 2.34. The van der Waals surface area contributed by atoms with E-state index >= 15 is 0 Å². The number of rotatable bonds is 4. The van der Waals surface area contributed by atoms with E-state index in [1.54, 1.807) is 12.4 Å². The second-order valence-electron chi connectivity index (χ2n) is 4.86. The van der Waals surface area contributed by atoms with Crippen LogP contribution in [0.1, 0.15) is 44.5 Å². The number of aromatic nitrogens is 2. The predicted molar refractivity (Wildman–Crippen MR) is 65.1 cm³/mol. The van der Waals surface area contributed by atoms with E-state index in [4.69, 9.17) is 5.73 Å². The normalized spacial score (nSPS) is 20.1. The van der Waals surface area contributed by atoms with Crippen molar-refractivity contribution in [1.29, 1.82) is 0 Å². The molecule has 0 saturated heterocycles. The molecule has 0 spiro atoms. The van der Waals surface area contributed by atoms with Gasteiger partial charge in [0.2, 0.25) is 5.91 Å². The van der Waals surface area contributed by atoms with E-state index in [2.05, 4.69) is 15.3 Å². The number of carbonyl (C=O) groups excluding carboxylic acids is 1.